The number of imidazole rings is 1. The summed E-state index contributed by atoms with van der Waals surface area (Å²) in [6.45, 7) is 0. The van der Waals surface area contributed by atoms with E-state index >= 15 is 0 Å². The number of fused-ring (bicyclic) bond motifs is 1. The normalized spacial score (nSPS) is 11.8. The van der Waals surface area contributed by atoms with Crippen LogP contribution in [0.1, 0.15) is 0 Å². The first kappa shape index (κ1) is 16.7. The van der Waals surface area contributed by atoms with Crippen molar-refractivity contribution in [3.8, 4) is 28.1 Å². The van der Waals surface area contributed by atoms with Crippen molar-refractivity contribution in [3.63, 3.8) is 0 Å². The highest BCUT2D eigenvalue weighted by Crippen LogP contribution is 2.29. The van der Waals surface area contributed by atoms with Gasteiger partial charge in [0.2, 0.25) is 9.30 Å². The van der Waals surface area contributed by atoms with Crippen molar-refractivity contribution in [1.82, 2.24) is 14.6 Å². The molecule has 0 aliphatic rings. The molecule has 0 fully saturated rings. The highest BCUT2D eigenvalue weighted by molar-refractivity contribution is 7.91. The molecule has 26 heavy (non-hydrogen) atoms. The number of sulfonamides is 1. The largest absolute Gasteiger partial charge is 0.497 e. The zero-order valence-corrected chi connectivity index (χ0v) is 15.3. The fraction of sp³-hybridized carbons (Fsp3) is 0.0588. The van der Waals surface area contributed by atoms with Crippen LogP contribution in [0.4, 0.5) is 0 Å². The molecule has 0 saturated heterocycles. The Labute approximate surface area is 153 Å². The lowest BCUT2D eigenvalue weighted by Crippen LogP contribution is -2.12. The Morgan fingerprint density at radius 3 is 2.46 bits per heavy atom. The third-order valence-corrected chi connectivity index (χ3v) is 6.06. The summed E-state index contributed by atoms with van der Waals surface area (Å²) < 4.78 is 29.3. The van der Waals surface area contributed by atoms with Gasteiger partial charge in [-0.25, -0.2) is 23.1 Å². The number of hydrogen-bond donors (Lipinski definition) is 1. The lowest BCUT2D eigenvalue weighted by Gasteiger charge is -2.06. The van der Waals surface area contributed by atoms with Crippen molar-refractivity contribution >= 4 is 26.3 Å². The number of primary sulfonamides is 1. The van der Waals surface area contributed by atoms with E-state index in [9.17, 15) is 8.42 Å². The molecule has 0 saturated carbocycles. The van der Waals surface area contributed by atoms with Gasteiger partial charge in [-0.15, -0.1) is 5.10 Å². The van der Waals surface area contributed by atoms with Crippen LogP contribution in [0.15, 0.2) is 59.1 Å². The number of nitrogens with two attached hydrogens (primary N) is 1. The van der Waals surface area contributed by atoms with Crippen molar-refractivity contribution in [2.45, 2.75) is 4.34 Å². The molecular formula is C17H14N4O3S2. The summed E-state index contributed by atoms with van der Waals surface area (Å²) in [4.78, 5) is 4.93. The standard InChI is InChI=1S/C17H14N4O3S2/c1-24-14-7-3-5-12(9-14)11-4-2-6-13(8-11)15-10-21-16(19-15)25-17(20-21)26(18,22)23/h2-10H,1H3,(H2,18,22,23). The summed E-state index contributed by atoms with van der Waals surface area (Å²) in [5.74, 6) is 0.787. The van der Waals surface area contributed by atoms with Crippen LogP contribution in [-0.4, -0.2) is 30.1 Å². The maximum atomic E-state index is 11.4. The molecule has 0 aliphatic carbocycles. The van der Waals surface area contributed by atoms with Gasteiger partial charge in [0.1, 0.15) is 5.75 Å². The third kappa shape index (κ3) is 3.07. The number of ether oxygens (including phenoxy) is 1. The number of hydrogen-bond acceptors (Lipinski definition) is 6. The summed E-state index contributed by atoms with van der Waals surface area (Å²) in [5.41, 5.74) is 3.66. The minimum atomic E-state index is -3.83. The summed E-state index contributed by atoms with van der Waals surface area (Å²) >= 11 is 0.936. The van der Waals surface area contributed by atoms with Gasteiger partial charge in [0, 0.05) is 5.56 Å². The fourth-order valence-electron chi connectivity index (χ4n) is 2.60. The predicted octanol–water partition coefficient (Wildman–Crippen LogP) is 2.78. The molecule has 0 atom stereocenters. The summed E-state index contributed by atoms with van der Waals surface area (Å²) in [7, 11) is -2.19. The van der Waals surface area contributed by atoms with Crippen molar-refractivity contribution in [3.05, 3.63) is 54.7 Å². The number of aromatic nitrogens is 3. The monoisotopic (exact) mass is 386 g/mol. The second-order valence-corrected chi connectivity index (χ2v) is 8.27. The quantitative estimate of drug-likeness (QED) is 0.581. The van der Waals surface area contributed by atoms with Gasteiger partial charge in [0.15, 0.2) is 0 Å². The third-order valence-electron chi connectivity index (χ3n) is 3.83. The molecule has 0 spiro atoms. The maximum absolute atomic E-state index is 11.4. The Kier molecular flexibility index (Phi) is 3.98. The van der Waals surface area contributed by atoms with Gasteiger partial charge in [-0.05, 0) is 29.3 Å². The summed E-state index contributed by atoms with van der Waals surface area (Å²) in [6.07, 6.45) is 1.69. The second kappa shape index (κ2) is 6.20. The number of rotatable bonds is 4. The molecule has 7 nitrogen and oxygen atoms in total. The van der Waals surface area contributed by atoms with Crippen LogP contribution in [-0.2, 0) is 10.0 Å². The van der Waals surface area contributed by atoms with Crippen molar-refractivity contribution in [1.29, 1.82) is 0 Å². The Hall–Kier alpha value is -2.75. The van der Waals surface area contributed by atoms with E-state index in [0.717, 1.165) is 33.8 Å². The molecule has 0 radical (unpaired) electrons. The fourth-order valence-corrected chi connectivity index (χ4v) is 4.10. The molecule has 2 aromatic carbocycles. The number of benzene rings is 2. The van der Waals surface area contributed by atoms with Gasteiger partial charge in [0.05, 0.1) is 19.0 Å². The summed E-state index contributed by atoms with van der Waals surface area (Å²) in [5, 5.41) is 9.08. The van der Waals surface area contributed by atoms with E-state index in [1.165, 1.54) is 4.52 Å². The Morgan fingerprint density at radius 1 is 1.08 bits per heavy atom. The number of methoxy groups -OCH3 is 1. The molecule has 9 heteroatoms. The molecular weight excluding hydrogens is 372 g/mol. The smallest absolute Gasteiger partial charge is 0.267 e. The van der Waals surface area contributed by atoms with E-state index in [1.807, 2.05) is 48.5 Å². The van der Waals surface area contributed by atoms with Gasteiger partial charge >= 0.3 is 0 Å². The van der Waals surface area contributed by atoms with Crippen LogP contribution >= 0.6 is 11.3 Å². The first-order valence-electron chi connectivity index (χ1n) is 7.58. The van der Waals surface area contributed by atoms with E-state index in [0.29, 0.717) is 10.7 Å². The molecule has 2 heterocycles. The van der Waals surface area contributed by atoms with Crippen LogP contribution in [0.25, 0.3) is 27.3 Å². The van der Waals surface area contributed by atoms with E-state index in [-0.39, 0.29) is 4.34 Å². The first-order chi connectivity index (χ1) is 12.4. The molecule has 132 valence electrons. The van der Waals surface area contributed by atoms with Crippen LogP contribution in [0.2, 0.25) is 0 Å². The van der Waals surface area contributed by atoms with Crippen LogP contribution < -0.4 is 9.88 Å². The van der Waals surface area contributed by atoms with Gasteiger partial charge in [-0.3, -0.25) is 0 Å². The second-order valence-electron chi connectivity index (χ2n) is 5.58. The zero-order valence-electron chi connectivity index (χ0n) is 13.7. The van der Waals surface area contributed by atoms with Gasteiger partial charge in [0.25, 0.3) is 10.0 Å². The number of nitrogens with zero attached hydrogens (tertiary/aromatic N) is 3. The van der Waals surface area contributed by atoms with Crippen molar-refractivity contribution < 1.29 is 13.2 Å². The molecule has 0 amide bonds. The molecule has 4 rings (SSSR count). The Balaban J connectivity index is 1.74. The van der Waals surface area contributed by atoms with Crippen LogP contribution in [0.5, 0.6) is 5.75 Å². The average Bonchev–Trinajstić information content (AvgIpc) is 3.21. The molecule has 0 unspecified atom stereocenters. The molecule has 0 aliphatic heterocycles. The molecule has 2 aromatic heterocycles. The predicted molar refractivity (Wildman–Crippen MR) is 99.7 cm³/mol. The minimum absolute atomic E-state index is 0.156. The Bertz CT molecular complexity index is 1180. The lowest BCUT2D eigenvalue weighted by molar-refractivity contribution is 0.415. The van der Waals surface area contributed by atoms with E-state index in [2.05, 4.69) is 10.1 Å². The van der Waals surface area contributed by atoms with Crippen molar-refractivity contribution in [2.24, 2.45) is 5.14 Å². The maximum Gasteiger partial charge on any atom is 0.267 e. The van der Waals surface area contributed by atoms with Crippen molar-refractivity contribution in [2.75, 3.05) is 7.11 Å². The topological polar surface area (TPSA) is 99.6 Å². The van der Waals surface area contributed by atoms with E-state index in [1.54, 1.807) is 13.3 Å². The highest BCUT2D eigenvalue weighted by atomic mass is 32.2. The summed E-state index contributed by atoms with van der Waals surface area (Å²) in [6, 6.07) is 15.7. The minimum Gasteiger partial charge on any atom is -0.497 e. The highest BCUT2D eigenvalue weighted by Gasteiger charge is 2.17. The van der Waals surface area contributed by atoms with Crippen LogP contribution in [0, 0.1) is 0 Å². The SMILES string of the molecule is COc1cccc(-c2cccc(-c3cn4nc(S(N)(=O)=O)sc4n3)c2)c1. The van der Waals surface area contributed by atoms with Gasteiger partial charge in [-0.2, -0.15) is 0 Å². The van der Waals surface area contributed by atoms with Crippen LogP contribution in [0.3, 0.4) is 0 Å². The zero-order chi connectivity index (χ0) is 18.3. The molecule has 4 aromatic rings. The van der Waals surface area contributed by atoms with Gasteiger partial charge in [-0.1, -0.05) is 41.7 Å². The lowest BCUT2D eigenvalue weighted by atomic mass is 10.0. The molecule has 0 bridgehead atoms. The molecule has 2 N–H and O–H groups in total. The Morgan fingerprint density at radius 2 is 1.77 bits per heavy atom. The van der Waals surface area contributed by atoms with E-state index in [4.69, 9.17) is 9.88 Å². The first-order valence-corrected chi connectivity index (χ1v) is 9.94. The average molecular weight is 386 g/mol. The van der Waals surface area contributed by atoms with Gasteiger partial charge < -0.3 is 4.74 Å². The van der Waals surface area contributed by atoms with E-state index < -0.39 is 10.0 Å².